The minimum Gasteiger partial charge on any atom is -0.505 e. The number of hydrogen-bond donors (Lipinski definition) is 3. The second-order valence-electron chi connectivity index (χ2n) is 4.32. The molecule has 5 heteroatoms. The number of aliphatic carboxylic acids is 1. The molecule has 0 amide bonds. The summed E-state index contributed by atoms with van der Waals surface area (Å²) in [4.78, 5) is 10.9. The van der Waals surface area contributed by atoms with Crippen LogP contribution in [0.3, 0.4) is 0 Å². The molecule has 0 heterocycles. The first-order valence-electron chi connectivity index (χ1n) is 5.51. The Bertz CT molecular complexity index is 432. The molecule has 17 heavy (non-hydrogen) atoms. The molecule has 1 aliphatic carbocycles. The minimum absolute atomic E-state index is 0.189. The van der Waals surface area contributed by atoms with Gasteiger partial charge in [0.25, 0.3) is 0 Å². The van der Waals surface area contributed by atoms with Crippen molar-refractivity contribution in [2.45, 2.75) is 25.4 Å². The number of benzene rings is 1. The lowest BCUT2D eigenvalue weighted by molar-refractivity contribution is -0.140. The van der Waals surface area contributed by atoms with Gasteiger partial charge in [0.15, 0.2) is 11.6 Å². The molecule has 0 bridgehead atoms. The first kappa shape index (κ1) is 11.9. The molecule has 1 atom stereocenters. The fourth-order valence-corrected chi connectivity index (χ4v) is 1.77. The van der Waals surface area contributed by atoms with Crippen molar-refractivity contribution < 1.29 is 19.4 Å². The molecule has 0 aromatic heterocycles. The van der Waals surface area contributed by atoms with Gasteiger partial charge in [0.05, 0.1) is 0 Å². The van der Waals surface area contributed by atoms with Crippen LogP contribution in [0.15, 0.2) is 18.2 Å². The number of carboxylic acid groups (broad SMARTS) is 1. The monoisotopic (exact) mass is 239 g/mol. The van der Waals surface area contributed by atoms with Crippen molar-refractivity contribution in [2.75, 3.05) is 0 Å². The molecule has 0 radical (unpaired) electrons. The second kappa shape index (κ2) is 4.71. The van der Waals surface area contributed by atoms with Crippen LogP contribution >= 0.6 is 0 Å². The Morgan fingerprint density at radius 2 is 2.24 bits per heavy atom. The lowest BCUT2D eigenvalue weighted by Gasteiger charge is -2.13. The fourth-order valence-electron chi connectivity index (χ4n) is 1.77. The number of phenols is 1. The standard InChI is InChI=1S/C12H14FNO3/c13-9-5-7(1-4-10(9)15)6-14-11(12(16)17)8-2-3-8/h1,4-5,8,11,14-15H,2-3,6H2,(H,16,17). The highest BCUT2D eigenvalue weighted by Gasteiger charge is 2.35. The van der Waals surface area contributed by atoms with E-state index in [0.717, 1.165) is 12.8 Å². The molecule has 3 N–H and O–H groups in total. The van der Waals surface area contributed by atoms with E-state index in [2.05, 4.69) is 5.32 Å². The van der Waals surface area contributed by atoms with Gasteiger partial charge in [-0.2, -0.15) is 0 Å². The normalized spacial score (nSPS) is 16.8. The first-order valence-corrected chi connectivity index (χ1v) is 5.51. The van der Waals surface area contributed by atoms with Gasteiger partial charge in [-0.1, -0.05) is 6.07 Å². The van der Waals surface area contributed by atoms with Crippen LogP contribution in [0, 0.1) is 11.7 Å². The van der Waals surface area contributed by atoms with E-state index in [4.69, 9.17) is 10.2 Å². The summed E-state index contributed by atoms with van der Waals surface area (Å²) in [7, 11) is 0. The fraction of sp³-hybridized carbons (Fsp3) is 0.417. The molecule has 2 rings (SSSR count). The van der Waals surface area contributed by atoms with Crippen molar-refractivity contribution in [1.82, 2.24) is 5.32 Å². The van der Waals surface area contributed by atoms with Crippen LogP contribution in [0.4, 0.5) is 4.39 Å². The first-order chi connectivity index (χ1) is 8.08. The summed E-state index contributed by atoms with van der Waals surface area (Å²) in [6, 6.07) is 3.47. The van der Waals surface area contributed by atoms with Gasteiger partial charge < -0.3 is 15.5 Å². The van der Waals surface area contributed by atoms with E-state index in [1.165, 1.54) is 12.1 Å². The van der Waals surface area contributed by atoms with Gasteiger partial charge in [-0.15, -0.1) is 0 Å². The van der Waals surface area contributed by atoms with Crippen LogP contribution in [0.25, 0.3) is 0 Å². The molecule has 92 valence electrons. The Labute approximate surface area is 98.1 Å². The maximum absolute atomic E-state index is 13.0. The van der Waals surface area contributed by atoms with Crippen LogP contribution in [0.2, 0.25) is 0 Å². The highest BCUT2D eigenvalue weighted by molar-refractivity contribution is 5.74. The smallest absolute Gasteiger partial charge is 0.320 e. The molecule has 0 aliphatic heterocycles. The number of carbonyl (C=O) groups is 1. The van der Waals surface area contributed by atoms with E-state index in [0.29, 0.717) is 5.56 Å². The predicted molar refractivity (Wildman–Crippen MR) is 59.1 cm³/mol. The van der Waals surface area contributed by atoms with Crippen LogP contribution in [-0.2, 0) is 11.3 Å². The van der Waals surface area contributed by atoms with E-state index in [1.54, 1.807) is 6.07 Å². The number of phenolic OH excluding ortho intramolecular Hbond substituents is 1. The molecule has 4 nitrogen and oxygen atoms in total. The summed E-state index contributed by atoms with van der Waals surface area (Å²) in [5.41, 5.74) is 0.618. The van der Waals surface area contributed by atoms with Crippen molar-refractivity contribution in [3.05, 3.63) is 29.6 Å². The number of carboxylic acids is 1. The summed E-state index contributed by atoms with van der Waals surface area (Å²) in [6.07, 6.45) is 1.85. The Balaban J connectivity index is 1.96. The van der Waals surface area contributed by atoms with Crippen molar-refractivity contribution in [3.63, 3.8) is 0 Å². The third-order valence-electron chi connectivity index (χ3n) is 2.90. The van der Waals surface area contributed by atoms with Crippen LogP contribution in [0.5, 0.6) is 5.75 Å². The third kappa shape index (κ3) is 2.94. The maximum Gasteiger partial charge on any atom is 0.320 e. The topological polar surface area (TPSA) is 69.6 Å². The molecule has 1 aromatic rings. The molecule has 0 spiro atoms. The second-order valence-corrected chi connectivity index (χ2v) is 4.32. The molecule has 1 aromatic carbocycles. The number of nitrogens with one attached hydrogen (secondary N) is 1. The highest BCUT2D eigenvalue weighted by atomic mass is 19.1. The van der Waals surface area contributed by atoms with Crippen LogP contribution in [0.1, 0.15) is 18.4 Å². The molecule has 0 saturated heterocycles. The molecular weight excluding hydrogens is 225 g/mol. The number of rotatable bonds is 5. The number of aromatic hydroxyl groups is 1. The average Bonchev–Trinajstić information content (AvgIpc) is 3.07. The highest BCUT2D eigenvalue weighted by Crippen LogP contribution is 2.32. The SMILES string of the molecule is O=C(O)C(NCc1ccc(O)c(F)c1)C1CC1. The van der Waals surface area contributed by atoms with Crippen LogP contribution < -0.4 is 5.32 Å². The largest absolute Gasteiger partial charge is 0.505 e. The third-order valence-corrected chi connectivity index (χ3v) is 2.90. The predicted octanol–water partition coefficient (Wildman–Crippen LogP) is 1.48. The number of hydrogen-bond acceptors (Lipinski definition) is 3. The Morgan fingerprint density at radius 1 is 1.53 bits per heavy atom. The zero-order chi connectivity index (χ0) is 12.4. The summed E-state index contributed by atoms with van der Waals surface area (Å²) >= 11 is 0. The molecule has 1 saturated carbocycles. The maximum atomic E-state index is 13.0. The van der Waals surface area contributed by atoms with Gasteiger partial charge in [-0.25, -0.2) is 4.39 Å². The van der Waals surface area contributed by atoms with E-state index >= 15 is 0 Å². The summed E-state index contributed by atoms with van der Waals surface area (Å²) in [6.45, 7) is 0.282. The lowest BCUT2D eigenvalue weighted by Crippen LogP contribution is -2.38. The van der Waals surface area contributed by atoms with Gasteiger partial charge in [0.1, 0.15) is 6.04 Å². The minimum atomic E-state index is -0.869. The molecule has 1 fully saturated rings. The van der Waals surface area contributed by atoms with Gasteiger partial charge in [-0.05, 0) is 36.5 Å². The summed E-state index contributed by atoms with van der Waals surface area (Å²) in [5, 5.41) is 20.9. The van der Waals surface area contributed by atoms with Gasteiger partial charge in [-0.3, -0.25) is 4.79 Å². The average molecular weight is 239 g/mol. The van der Waals surface area contributed by atoms with E-state index in [9.17, 15) is 9.18 Å². The van der Waals surface area contributed by atoms with Crippen molar-refractivity contribution >= 4 is 5.97 Å². The van der Waals surface area contributed by atoms with Crippen molar-refractivity contribution in [3.8, 4) is 5.75 Å². The number of halogens is 1. The van der Waals surface area contributed by atoms with Gasteiger partial charge in [0, 0.05) is 6.54 Å². The molecular formula is C12H14FNO3. The molecule has 1 unspecified atom stereocenters. The van der Waals surface area contributed by atoms with E-state index in [-0.39, 0.29) is 12.5 Å². The van der Waals surface area contributed by atoms with Crippen molar-refractivity contribution in [1.29, 1.82) is 0 Å². The zero-order valence-electron chi connectivity index (χ0n) is 9.19. The zero-order valence-corrected chi connectivity index (χ0v) is 9.19. The van der Waals surface area contributed by atoms with Crippen LogP contribution in [-0.4, -0.2) is 22.2 Å². The van der Waals surface area contributed by atoms with Crippen molar-refractivity contribution in [2.24, 2.45) is 5.92 Å². The van der Waals surface area contributed by atoms with Gasteiger partial charge >= 0.3 is 5.97 Å². The molecule has 1 aliphatic rings. The van der Waals surface area contributed by atoms with Gasteiger partial charge in [0.2, 0.25) is 0 Å². The van der Waals surface area contributed by atoms with E-state index in [1.807, 2.05) is 0 Å². The summed E-state index contributed by atoms with van der Waals surface area (Å²) < 4.78 is 13.0. The Morgan fingerprint density at radius 3 is 2.76 bits per heavy atom. The quantitative estimate of drug-likeness (QED) is 0.728. The Hall–Kier alpha value is -1.62. The lowest BCUT2D eigenvalue weighted by atomic mass is 10.1. The van der Waals surface area contributed by atoms with E-state index < -0.39 is 23.6 Å². The summed E-state index contributed by atoms with van der Waals surface area (Å²) in [5.74, 6) is -1.77. The Kier molecular flexibility index (Phi) is 3.28.